The van der Waals surface area contributed by atoms with Crippen LogP contribution in [-0.4, -0.2) is 55.0 Å². The molecular weight excluding hydrogens is 404 g/mol. The summed E-state index contributed by atoms with van der Waals surface area (Å²) in [5, 5.41) is 6.43. The Bertz CT molecular complexity index is 1060. The highest BCUT2D eigenvalue weighted by molar-refractivity contribution is 5.86. The largest absolute Gasteiger partial charge is 0.481 e. The van der Waals surface area contributed by atoms with E-state index in [1.165, 1.54) is 0 Å². The number of aliphatic imine (C=N–C) groups is 3. The van der Waals surface area contributed by atoms with Gasteiger partial charge in [0.2, 0.25) is 5.88 Å². The van der Waals surface area contributed by atoms with Crippen molar-refractivity contribution in [3.8, 4) is 5.88 Å². The molecule has 32 heavy (non-hydrogen) atoms. The van der Waals surface area contributed by atoms with Crippen molar-refractivity contribution in [3.05, 3.63) is 77.8 Å². The molecule has 0 saturated carbocycles. The Morgan fingerprint density at radius 1 is 1.25 bits per heavy atom. The first-order chi connectivity index (χ1) is 15.7. The molecule has 3 rings (SSSR count). The van der Waals surface area contributed by atoms with Gasteiger partial charge in [0.1, 0.15) is 12.4 Å². The van der Waals surface area contributed by atoms with Crippen LogP contribution in [0.25, 0.3) is 5.70 Å². The number of methoxy groups -OCH3 is 1. The van der Waals surface area contributed by atoms with Crippen LogP contribution in [0.2, 0.25) is 0 Å². The average Bonchev–Trinajstić information content (AvgIpc) is 2.86. The molecule has 1 aliphatic rings. The summed E-state index contributed by atoms with van der Waals surface area (Å²) in [7, 11) is 1.58. The number of nitrogens with one attached hydrogen (secondary N) is 2. The first kappa shape index (κ1) is 22.4. The van der Waals surface area contributed by atoms with E-state index in [9.17, 15) is 0 Å². The Labute approximate surface area is 187 Å². The van der Waals surface area contributed by atoms with Crippen molar-refractivity contribution in [1.82, 2.24) is 20.2 Å². The van der Waals surface area contributed by atoms with Crippen LogP contribution >= 0.6 is 0 Å². The predicted octanol–water partition coefficient (Wildman–Crippen LogP) is 3.30. The molecule has 1 aliphatic heterocycles. The zero-order valence-corrected chi connectivity index (χ0v) is 18.2. The number of ether oxygens (including phenoxy) is 1. The number of hydrogen-bond acceptors (Lipinski definition) is 9. The fourth-order valence-electron chi connectivity index (χ4n) is 3.06. The minimum atomic E-state index is 0.408. The molecule has 2 aromatic heterocycles. The van der Waals surface area contributed by atoms with Gasteiger partial charge in [0.25, 0.3) is 0 Å². The Hall–Kier alpha value is -4.27. The number of aromatic nitrogens is 2. The topological polar surface area (TPSA) is 99.4 Å². The van der Waals surface area contributed by atoms with Crippen LogP contribution in [0.3, 0.4) is 0 Å². The smallest absolute Gasteiger partial charge is 0.213 e. The van der Waals surface area contributed by atoms with Gasteiger partial charge in [-0.1, -0.05) is 0 Å². The van der Waals surface area contributed by atoms with Crippen molar-refractivity contribution in [1.29, 1.82) is 0 Å². The van der Waals surface area contributed by atoms with E-state index in [4.69, 9.17) is 4.74 Å². The Balaban J connectivity index is 1.80. The molecule has 0 unspecified atom stereocenters. The van der Waals surface area contributed by atoms with Crippen LogP contribution < -0.4 is 15.4 Å². The normalized spacial score (nSPS) is 14.2. The van der Waals surface area contributed by atoms with Crippen molar-refractivity contribution in [2.45, 2.75) is 6.92 Å². The zero-order valence-electron chi connectivity index (χ0n) is 18.2. The molecule has 0 bridgehead atoms. The third kappa shape index (κ3) is 5.45. The number of allylic oxidation sites excluding steroid dienone is 2. The fourth-order valence-corrected chi connectivity index (χ4v) is 3.06. The van der Waals surface area contributed by atoms with Crippen molar-refractivity contribution in [3.63, 3.8) is 0 Å². The van der Waals surface area contributed by atoms with E-state index in [0.717, 1.165) is 22.6 Å². The predicted molar refractivity (Wildman–Crippen MR) is 130 cm³/mol. The second-order valence-corrected chi connectivity index (χ2v) is 6.62. The molecule has 9 heteroatoms. The summed E-state index contributed by atoms with van der Waals surface area (Å²) in [4.78, 5) is 23.2. The van der Waals surface area contributed by atoms with Gasteiger partial charge < -0.3 is 20.3 Å². The maximum Gasteiger partial charge on any atom is 0.213 e. The van der Waals surface area contributed by atoms with Crippen LogP contribution in [0.15, 0.2) is 87.2 Å². The van der Waals surface area contributed by atoms with Crippen LogP contribution in [0.1, 0.15) is 12.5 Å². The molecule has 164 valence electrons. The molecule has 0 fully saturated rings. The van der Waals surface area contributed by atoms with Crippen molar-refractivity contribution in [2.75, 3.05) is 25.8 Å². The lowest BCUT2D eigenvalue weighted by Crippen LogP contribution is -2.27. The standard InChI is InChI=1S/C23H26N8O/c1-17(24-2)23(31-16-27-11-9-21(31)18-6-5-10-26-12-18)20(25-3)14-28-15-30-19-7-8-22(32-4)29-13-19/h5-14,28,30H,2-3,15-16H2,1,4H3/b20-14-,23-17-. The van der Waals surface area contributed by atoms with E-state index in [0.29, 0.717) is 30.6 Å². The Morgan fingerprint density at radius 2 is 2.12 bits per heavy atom. The van der Waals surface area contributed by atoms with Gasteiger partial charge in [-0.2, -0.15) is 0 Å². The van der Waals surface area contributed by atoms with Crippen LogP contribution in [0.5, 0.6) is 5.88 Å². The van der Waals surface area contributed by atoms with Gasteiger partial charge in [-0.3, -0.25) is 20.0 Å². The van der Waals surface area contributed by atoms with Crippen molar-refractivity contribution in [2.24, 2.45) is 15.0 Å². The molecular formula is C23H26N8O. The lowest BCUT2D eigenvalue weighted by Gasteiger charge is -2.31. The van der Waals surface area contributed by atoms with E-state index >= 15 is 0 Å². The lowest BCUT2D eigenvalue weighted by atomic mass is 10.1. The monoisotopic (exact) mass is 430 g/mol. The Morgan fingerprint density at radius 3 is 2.78 bits per heavy atom. The van der Waals surface area contributed by atoms with Gasteiger partial charge >= 0.3 is 0 Å². The molecule has 3 heterocycles. The average molecular weight is 431 g/mol. The highest BCUT2D eigenvalue weighted by Crippen LogP contribution is 2.31. The fraction of sp³-hybridized carbons (Fsp3) is 0.174. The quantitative estimate of drug-likeness (QED) is 0.260. The van der Waals surface area contributed by atoms with E-state index in [-0.39, 0.29) is 0 Å². The van der Waals surface area contributed by atoms with Crippen LogP contribution in [0, 0.1) is 0 Å². The number of nitrogens with zero attached hydrogens (tertiary/aromatic N) is 6. The summed E-state index contributed by atoms with van der Waals surface area (Å²) < 4.78 is 5.07. The van der Waals surface area contributed by atoms with E-state index < -0.39 is 0 Å². The lowest BCUT2D eigenvalue weighted by molar-refractivity contribution is 0.398. The first-order valence-corrected chi connectivity index (χ1v) is 9.88. The molecule has 0 amide bonds. The zero-order chi connectivity index (χ0) is 22.8. The molecule has 0 atom stereocenters. The molecule has 2 aromatic rings. The minimum Gasteiger partial charge on any atom is -0.481 e. The van der Waals surface area contributed by atoms with Gasteiger partial charge in [-0.15, -0.1) is 0 Å². The summed E-state index contributed by atoms with van der Waals surface area (Å²) in [5.74, 6) is 0.561. The molecule has 0 aromatic carbocycles. The molecule has 0 aliphatic carbocycles. The van der Waals surface area contributed by atoms with Gasteiger partial charge in [-0.25, -0.2) is 4.98 Å². The number of pyridine rings is 2. The molecule has 0 radical (unpaired) electrons. The highest BCUT2D eigenvalue weighted by atomic mass is 16.5. The van der Waals surface area contributed by atoms with Crippen molar-refractivity contribution < 1.29 is 4.74 Å². The van der Waals surface area contributed by atoms with Gasteiger partial charge in [-0.05, 0) is 44.6 Å². The first-order valence-electron chi connectivity index (χ1n) is 9.88. The molecule has 0 saturated heterocycles. The summed E-state index contributed by atoms with van der Waals surface area (Å²) in [6.45, 7) is 10.2. The van der Waals surface area contributed by atoms with Gasteiger partial charge in [0, 0.05) is 36.4 Å². The highest BCUT2D eigenvalue weighted by Gasteiger charge is 2.22. The SMILES string of the molecule is C=NC(=C\NCNc1ccc(OC)nc1)/C(=C(\C)N=C)N1CN=CC=C1c1cccnc1. The van der Waals surface area contributed by atoms with Crippen LogP contribution in [0.4, 0.5) is 5.69 Å². The van der Waals surface area contributed by atoms with E-state index in [1.54, 1.807) is 38.0 Å². The number of rotatable bonds is 10. The Kier molecular flexibility index (Phi) is 7.85. The molecule has 0 spiro atoms. The number of anilines is 1. The second-order valence-electron chi connectivity index (χ2n) is 6.62. The van der Waals surface area contributed by atoms with Gasteiger partial charge in [0.15, 0.2) is 0 Å². The summed E-state index contributed by atoms with van der Waals surface area (Å²) in [5.41, 5.74) is 4.80. The van der Waals surface area contributed by atoms with E-state index in [2.05, 4.69) is 49.0 Å². The van der Waals surface area contributed by atoms with Gasteiger partial charge in [0.05, 0.1) is 42.8 Å². The molecule has 9 nitrogen and oxygen atoms in total. The number of hydrogen-bond donors (Lipinski definition) is 2. The third-order valence-corrected chi connectivity index (χ3v) is 4.65. The maximum atomic E-state index is 5.07. The second kappa shape index (κ2) is 11.2. The third-order valence-electron chi connectivity index (χ3n) is 4.65. The summed E-state index contributed by atoms with van der Waals surface area (Å²) in [6.07, 6.45) is 10.7. The maximum absolute atomic E-state index is 5.07. The van der Waals surface area contributed by atoms with E-state index in [1.807, 2.05) is 42.3 Å². The van der Waals surface area contributed by atoms with Crippen molar-refractivity contribution >= 4 is 31.0 Å². The summed E-state index contributed by atoms with van der Waals surface area (Å²) in [6, 6.07) is 7.57. The summed E-state index contributed by atoms with van der Waals surface area (Å²) >= 11 is 0. The minimum absolute atomic E-state index is 0.408. The van der Waals surface area contributed by atoms with Crippen LogP contribution in [-0.2, 0) is 0 Å². The molecule has 2 N–H and O–H groups in total.